The summed E-state index contributed by atoms with van der Waals surface area (Å²) in [5, 5.41) is 0. The quantitative estimate of drug-likeness (QED) is 0.604. The Labute approximate surface area is 107 Å². The molecule has 0 radical (unpaired) electrons. The van der Waals surface area contributed by atoms with Crippen LogP contribution in [-0.4, -0.2) is 19.7 Å². The van der Waals surface area contributed by atoms with E-state index < -0.39 is 0 Å². The van der Waals surface area contributed by atoms with Gasteiger partial charge in [0, 0.05) is 13.7 Å². The average molecular weight is 246 g/mol. The van der Waals surface area contributed by atoms with Gasteiger partial charge in [0.2, 0.25) is 0 Å². The molecule has 1 saturated carbocycles. The molecule has 0 unspecified atom stereocenters. The van der Waals surface area contributed by atoms with Crippen molar-refractivity contribution in [2.24, 2.45) is 11.8 Å². The van der Waals surface area contributed by atoms with E-state index in [2.05, 4.69) is 6.07 Å². The molecule has 0 bridgehead atoms. The average Bonchev–Trinajstić information content (AvgIpc) is 2.98. The minimum Gasteiger partial charge on any atom is -0.426 e. The van der Waals surface area contributed by atoms with Gasteiger partial charge in [0.15, 0.2) is 0 Å². The van der Waals surface area contributed by atoms with Crippen LogP contribution in [0.15, 0.2) is 18.2 Å². The van der Waals surface area contributed by atoms with E-state index in [0.717, 1.165) is 19.3 Å². The number of methoxy groups -OCH3 is 1. The molecule has 0 N–H and O–H groups in total. The lowest BCUT2D eigenvalue weighted by molar-refractivity contribution is -0.136. The first-order valence-corrected chi connectivity index (χ1v) is 6.60. The minimum absolute atomic E-state index is 0.0400. The molecule has 18 heavy (non-hydrogen) atoms. The molecule has 2 atom stereocenters. The van der Waals surface area contributed by atoms with Gasteiger partial charge in [-0.25, -0.2) is 0 Å². The molecular weight excluding hydrogens is 228 g/mol. The number of ether oxygens (including phenoxy) is 2. The lowest BCUT2D eigenvalue weighted by atomic mass is 10.1. The first-order chi connectivity index (χ1) is 8.78. The topological polar surface area (TPSA) is 35.5 Å². The summed E-state index contributed by atoms with van der Waals surface area (Å²) in [5.74, 6) is 0.994. The molecule has 0 spiro atoms. The molecule has 2 aliphatic rings. The van der Waals surface area contributed by atoms with Gasteiger partial charge in [0.1, 0.15) is 5.75 Å². The minimum atomic E-state index is -0.102. The van der Waals surface area contributed by atoms with E-state index >= 15 is 0 Å². The Bertz CT molecular complexity index is 467. The molecule has 3 nitrogen and oxygen atoms in total. The summed E-state index contributed by atoms with van der Waals surface area (Å²) >= 11 is 0. The van der Waals surface area contributed by atoms with Crippen LogP contribution in [0.25, 0.3) is 0 Å². The molecule has 0 aliphatic heterocycles. The highest BCUT2D eigenvalue weighted by Gasteiger charge is 2.44. The number of rotatable bonds is 4. The SMILES string of the molecule is COC[C@@H]1C[C@H]1C(=O)Oc1ccc2c(c1)CCC2. The second kappa shape index (κ2) is 4.73. The molecule has 1 aromatic rings. The Morgan fingerprint density at radius 3 is 3.00 bits per heavy atom. The van der Waals surface area contributed by atoms with Gasteiger partial charge in [0.25, 0.3) is 0 Å². The highest BCUT2D eigenvalue weighted by Crippen LogP contribution is 2.40. The van der Waals surface area contributed by atoms with Crippen molar-refractivity contribution in [3.63, 3.8) is 0 Å². The number of hydrogen-bond donors (Lipinski definition) is 0. The van der Waals surface area contributed by atoms with Crippen molar-refractivity contribution in [2.75, 3.05) is 13.7 Å². The van der Waals surface area contributed by atoms with Gasteiger partial charge in [-0.3, -0.25) is 4.79 Å². The van der Waals surface area contributed by atoms with Crippen molar-refractivity contribution in [3.8, 4) is 5.75 Å². The van der Waals surface area contributed by atoms with Crippen LogP contribution in [0.5, 0.6) is 5.75 Å². The molecular formula is C15H18O3. The second-order valence-corrected chi connectivity index (χ2v) is 5.26. The maximum Gasteiger partial charge on any atom is 0.314 e. The standard InChI is InChI=1S/C15H18O3/c1-17-9-12-8-14(12)15(16)18-13-6-5-10-3-2-4-11(10)7-13/h5-7,12,14H,2-4,8-9H2,1H3/t12-,14+/m0/s1. The summed E-state index contributed by atoms with van der Waals surface area (Å²) in [5.41, 5.74) is 2.74. The van der Waals surface area contributed by atoms with Gasteiger partial charge in [-0.05, 0) is 54.9 Å². The van der Waals surface area contributed by atoms with E-state index in [1.54, 1.807) is 7.11 Å². The van der Waals surface area contributed by atoms with E-state index in [4.69, 9.17) is 9.47 Å². The first-order valence-electron chi connectivity index (χ1n) is 6.60. The zero-order valence-electron chi connectivity index (χ0n) is 10.6. The fourth-order valence-corrected chi connectivity index (χ4v) is 2.74. The van der Waals surface area contributed by atoms with Gasteiger partial charge in [-0.15, -0.1) is 0 Å². The van der Waals surface area contributed by atoms with E-state index in [9.17, 15) is 4.79 Å². The van der Waals surface area contributed by atoms with Crippen LogP contribution in [0, 0.1) is 11.8 Å². The van der Waals surface area contributed by atoms with Gasteiger partial charge < -0.3 is 9.47 Å². The van der Waals surface area contributed by atoms with Crippen molar-refractivity contribution < 1.29 is 14.3 Å². The molecule has 1 fully saturated rings. The number of aryl methyl sites for hydroxylation is 2. The van der Waals surface area contributed by atoms with Gasteiger partial charge in [-0.2, -0.15) is 0 Å². The number of carbonyl (C=O) groups is 1. The summed E-state index contributed by atoms with van der Waals surface area (Å²) in [6.45, 7) is 0.657. The van der Waals surface area contributed by atoms with E-state index in [1.807, 2.05) is 12.1 Å². The van der Waals surface area contributed by atoms with Crippen LogP contribution in [0.4, 0.5) is 0 Å². The molecule has 0 heterocycles. The number of fused-ring (bicyclic) bond motifs is 1. The molecule has 0 aromatic heterocycles. The predicted octanol–water partition coefficient (Wildman–Crippen LogP) is 2.36. The van der Waals surface area contributed by atoms with E-state index in [-0.39, 0.29) is 11.9 Å². The summed E-state index contributed by atoms with van der Waals surface area (Å²) in [6, 6.07) is 6.02. The Balaban J connectivity index is 1.61. The predicted molar refractivity (Wildman–Crippen MR) is 67.6 cm³/mol. The molecule has 1 aromatic carbocycles. The third-order valence-corrected chi connectivity index (χ3v) is 3.89. The van der Waals surface area contributed by atoms with Crippen molar-refractivity contribution in [1.82, 2.24) is 0 Å². The molecule has 0 saturated heterocycles. The molecule has 0 amide bonds. The van der Waals surface area contributed by atoms with Gasteiger partial charge >= 0.3 is 5.97 Å². The number of esters is 1. The zero-order chi connectivity index (χ0) is 12.5. The van der Waals surface area contributed by atoms with Gasteiger partial charge in [-0.1, -0.05) is 6.07 Å². The Kier molecular flexibility index (Phi) is 3.08. The Morgan fingerprint density at radius 2 is 2.17 bits per heavy atom. The van der Waals surface area contributed by atoms with Crippen LogP contribution >= 0.6 is 0 Å². The normalized spacial score (nSPS) is 24.7. The smallest absolute Gasteiger partial charge is 0.314 e. The van der Waals surface area contributed by atoms with Crippen molar-refractivity contribution >= 4 is 5.97 Å². The van der Waals surface area contributed by atoms with Crippen molar-refractivity contribution in [2.45, 2.75) is 25.7 Å². The number of benzene rings is 1. The van der Waals surface area contributed by atoms with Crippen molar-refractivity contribution in [1.29, 1.82) is 0 Å². The van der Waals surface area contributed by atoms with Gasteiger partial charge in [0.05, 0.1) is 5.92 Å². The Morgan fingerprint density at radius 1 is 1.33 bits per heavy atom. The zero-order valence-corrected chi connectivity index (χ0v) is 10.6. The first kappa shape index (κ1) is 11.7. The van der Waals surface area contributed by atoms with Crippen LogP contribution in [0.2, 0.25) is 0 Å². The fourth-order valence-electron chi connectivity index (χ4n) is 2.74. The summed E-state index contributed by atoms with van der Waals surface area (Å²) in [7, 11) is 1.67. The maximum atomic E-state index is 11.9. The fraction of sp³-hybridized carbons (Fsp3) is 0.533. The van der Waals surface area contributed by atoms with Crippen LogP contribution < -0.4 is 4.74 Å². The van der Waals surface area contributed by atoms with Crippen LogP contribution in [-0.2, 0) is 22.4 Å². The summed E-state index contributed by atoms with van der Waals surface area (Å²) in [4.78, 5) is 11.9. The number of carbonyl (C=O) groups excluding carboxylic acids is 1. The lowest BCUT2D eigenvalue weighted by Crippen LogP contribution is -2.12. The third kappa shape index (κ3) is 2.27. The molecule has 2 aliphatic carbocycles. The van der Waals surface area contributed by atoms with E-state index in [0.29, 0.717) is 18.3 Å². The van der Waals surface area contributed by atoms with E-state index in [1.165, 1.54) is 17.5 Å². The third-order valence-electron chi connectivity index (χ3n) is 3.89. The number of hydrogen-bond acceptors (Lipinski definition) is 3. The largest absolute Gasteiger partial charge is 0.426 e. The van der Waals surface area contributed by atoms with Crippen LogP contribution in [0.3, 0.4) is 0 Å². The highest BCUT2D eigenvalue weighted by molar-refractivity contribution is 5.78. The second-order valence-electron chi connectivity index (χ2n) is 5.26. The maximum absolute atomic E-state index is 11.9. The molecule has 3 heteroatoms. The van der Waals surface area contributed by atoms with Crippen molar-refractivity contribution in [3.05, 3.63) is 29.3 Å². The molecule has 3 rings (SSSR count). The molecule has 96 valence electrons. The van der Waals surface area contributed by atoms with Crippen LogP contribution in [0.1, 0.15) is 24.0 Å². The monoisotopic (exact) mass is 246 g/mol. The summed E-state index contributed by atoms with van der Waals surface area (Å²) < 4.78 is 10.5. The lowest BCUT2D eigenvalue weighted by Gasteiger charge is -2.06. The summed E-state index contributed by atoms with van der Waals surface area (Å²) in [6.07, 6.45) is 4.38. The Hall–Kier alpha value is -1.35. The highest BCUT2D eigenvalue weighted by atomic mass is 16.5.